The molecule has 1 aromatic carbocycles. The van der Waals surface area contributed by atoms with Crippen LogP contribution in [0.3, 0.4) is 0 Å². The number of ether oxygens (including phenoxy) is 1. The van der Waals surface area contributed by atoms with E-state index in [9.17, 15) is 31.5 Å². The van der Waals surface area contributed by atoms with Crippen molar-refractivity contribution in [2.45, 2.75) is 19.7 Å². The number of aldehydes is 1. The Balaban J connectivity index is 3.60. The molecule has 0 amide bonds. The summed E-state index contributed by atoms with van der Waals surface area (Å²) in [7, 11) is 0. The van der Waals surface area contributed by atoms with Crippen LogP contribution in [0.15, 0.2) is 12.1 Å². The number of halogens is 5. The maximum Gasteiger partial charge on any atom is 0.417 e. The number of benzene rings is 1. The quantitative estimate of drug-likeness (QED) is 0.483. The van der Waals surface area contributed by atoms with Crippen LogP contribution < -0.4 is 4.74 Å². The number of hydrogen-bond donors (Lipinski definition) is 0. The second-order valence-corrected chi connectivity index (χ2v) is 3.49. The van der Waals surface area contributed by atoms with Crippen LogP contribution in [-0.4, -0.2) is 18.7 Å². The Labute approximate surface area is 104 Å². The zero-order valence-corrected chi connectivity index (χ0v) is 9.42. The minimum Gasteiger partial charge on any atom is -0.434 e. The van der Waals surface area contributed by atoms with E-state index in [0.717, 1.165) is 6.92 Å². The molecule has 0 aliphatic rings. The van der Waals surface area contributed by atoms with Gasteiger partial charge in [-0.3, -0.25) is 9.59 Å². The van der Waals surface area contributed by atoms with Crippen LogP contribution in [0.25, 0.3) is 0 Å². The number of alkyl halides is 5. The second kappa shape index (κ2) is 5.33. The van der Waals surface area contributed by atoms with Gasteiger partial charge in [-0.05, 0) is 19.1 Å². The normalized spacial score (nSPS) is 11.5. The van der Waals surface area contributed by atoms with Gasteiger partial charge in [0.25, 0.3) is 0 Å². The largest absolute Gasteiger partial charge is 0.434 e. The minimum absolute atomic E-state index is 0.0392. The summed E-state index contributed by atoms with van der Waals surface area (Å²) in [5.74, 6) is -2.07. The molecule has 0 heterocycles. The Morgan fingerprint density at radius 3 is 2.26 bits per heavy atom. The summed E-state index contributed by atoms with van der Waals surface area (Å²) >= 11 is 0. The highest BCUT2D eigenvalue weighted by Gasteiger charge is 2.37. The third-order valence-corrected chi connectivity index (χ3v) is 2.13. The molecule has 0 saturated heterocycles. The van der Waals surface area contributed by atoms with Crippen molar-refractivity contribution in [1.29, 1.82) is 0 Å². The predicted octanol–water partition coefficient (Wildman–Crippen LogP) is 3.32. The summed E-state index contributed by atoms with van der Waals surface area (Å²) < 4.78 is 66.3. The highest BCUT2D eigenvalue weighted by Crippen LogP contribution is 2.37. The van der Waals surface area contributed by atoms with Gasteiger partial charge in [-0.2, -0.15) is 22.0 Å². The average molecular weight is 282 g/mol. The molecule has 1 rings (SSSR count). The van der Waals surface area contributed by atoms with Crippen molar-refractivity contribution in [1.82, 2.24) is 0 Å². The first-order valence-electron chi connectivity index (χ1n) is 4.83. The first-order chi connectivity index (χ1) is 8.66. The fraction of sp³-hybridized carbons (Fsp3) is 0.273. The van der Waals surface area contributed by atoms with Gasteiger partial charge in [-0.25, -0.2) is 0 Å². The van der Waals surface area contributed by atoms with Gasteiger partial charge in [0.2, 0.25) is 0 Å². The maximum atomic E-state index is 12.7. The van der Waals surface area contributed by atoms with Crippen LogP contribution >= 0.6 is 0 Å². The van der Waals surface area contributed by atoms with Gasteiger partial charge in [-0.15, -0.1) is 0 Å². The molecule has 0 bridgehead atoms. The van der Waals surface area contributed by atoms with E-state index in [4.69, 9.17) is 0 Å². The summed E-state index contributed by atoms with van der Waals surface area (Å²) in [4.78, 5) is 21.7. The monoisotopic (exact) mass is 282 g/mol. The van der Waals surface area contributed by atoms with E-state index >= 15 is 0 Å². The smallest absolute Gasteiger partial charge is 0.417 e. The number of carbonyl (C=O) groups is 2. The lowest BCUT2D eigenvalue weighted by Gasteiger charge is -2.16. The van der Waals surface area contributed by atoms with Gasteiger partial charge in [-0.1, -0.05) is 0 Å². The summed E-state index contributed by atoms with van der Waals surface area (Å²) in [6.07, 6.45) is -4.93. The zero-order valence-electron chi connectivity index (χ0n) is 9.42. The topological polar surface area (TPSA) is 43.4 Å². The van der Waals surface area contributed by atoms with Gasteiger partial charge < -0.3 is 4.74 Å². The van der Waals surface area contributed by atoms with Crippen molar-refractivity contribution in [2.24, 2.45) is 0 Å². The second-order valence-electron chi connectivity index (χ2n) is 3.49. The van der Waals surface area contributed by atoms with Crippen molar-refractivity contribution in [3.05, 3.63) is 28.8 Å². The molecule has 0 aromatic heterocycles. The SMILES string of the molecule is CC(=O)c1c(OC(F)F)cc(C=O)cc1C(F)(F)F. The number of Topliss-reactive ketones (excluding diaryl/α,β-unsaturated/α-hetero) is 1. The van der Waals surface area contributed by atoms with E-state index in [1.165, 1.54) is 0 Å². The lowest BCUT2D eigenvalue weighted by Crippen LogP contribution is -2.16. The van der Waals surface area contributed by atoms with E-state index in [1.54, 1.807) is 0 Å². The molecule has 3 nitrogen and oxygen atoms in total. The first kappa shape index (κ1) is 15.1. The standard InChI is InChI=1S/C11H7F5O3/c1-5(18)9-7(11(14,15)16)2-6(4-17)3-8(9)19-10(12)13/h2-4,10H,1H3. The van der Waals surface area contributed by atoms with E-state index in [-0.39, 0.29) is 6.29 Å². The molecule has 0 saturated carbocycles. The number of hydrogen-bond acceptors (Lipinski definition) is 3. The highest BCUT2D eigenvalue weighted by atomic mass is 19.4. The summed E-state index contributed by atoms with van der Waals surface area (Å²) in [6.45, 7) is -2.63. The van der Waals surface area contributed by atoms with Crippen molar-refractivity contribution in [3.8, 4) is 5.75 Å². The molecule has 0 aliphatic carbocycles. The maximum absolute atomic E-state index is 12.7. The van der Waals surface area contributed by atoms with Crippen molar-refractivity contribution >= 4 is 12.1 Å². The fourth-order valence-corrected chi connectivity index (χ4v) is 1.48. The molecule has 1 aromatic rings. The van der Waals surface area contributed by atoms with Gasteiger partial charge in [0, 0.05) is 5.56 Å². The Morgan fingerprint density at radius 2 is 1.89 bits per heavy atom. The van der Waals surface area contributed by atoms with Crippen LogP contribution in [0.1, 0.15) is 33.2 Å². The zero-order chi connectivity index (χ0) is 14.8. The van der Waals surface area contributed by atoms with Crippen LogP contribution in [0, 0.1) is 0 Å². The Bertz CT molecular complexity index is 508. The summed E-state index contributed by atoms with van der Waals surface area (Å²) in [5.41, 5.74) is -3.04. The Morgan fingerprint density at radius 1 is 1.32 bits per heavy atom. The van der Waals surface area contributed by atoms with Crippen LogP contribution in [0.4, 0.5) is 22.0 Å². The third kappa shape index (κ3) is 3.49. The minimum atomic E-state index is -4.97. The molecule has 0 fully saturated rings. The highest BCUT2D eigenvalue weighted by molar-refractivity contribution is 5.99. The molecule has 19 heavy (non-hydrogen) atoms. The molecule has 8 heteroatoms. The van der Waals surface area contributed by atoms with Crippen molar-refractivity contribution in [3.63, 3.8) is 0 Å². The molecular weight excluding hydrogens is 275 g/mol. The Kier molecular flexibility index (Phi) is 4.23. The summed E-state index contributed by atoms with van der Waals surface area (Å²) in [5, 5.41) is 0. The van der Waals surface area contributed by atoms with Crippen molar-refractivity contribution < 1.29 is 36.3 Å². The van der Waals surface area contributed by atoms with Crippen LogP contribution in [-0.2, 0) is 6.18 Å². The van der Waals surface area contributed by atoms with Gasteiger partial charge in [0.15, 0.2) is 5.78 Å². The van der Waals surface area contributed by atoms with Gasteiger partial charge in [0.1, 0.15) is 12.0 Å². The molecule has 0 unspecified atom stereocenters. The van der Waals surface area contributed by atoms with E-state index in [0.29, 0.717) is 12.1 Å². The van der Waals surface area contributed by atoms with Crippen LogP contribution in [0.5, 0.6) is 5.75 Å². The fourth-order valence-electron chi connectivity index (χ4n) is 1.48. The molecule has 0 radical (unpaired) electrons. The number of rotatable bonds is 4. The lowest BCUT2D eigenvalue weighted by atomic mass is 9.99. The molecule has 0 aliphatic heterocycles. The van der Waals surface area contributed by atoms with Crippen LogP contribution in [0.2, 0.25) is 0 Å². The summed E-state index contributed by atoms with van der Waals surface area (Å²) in [6, 6.07) is 1.06. The van der Waals surface area contributed by atoms with Gasteiger partial charge >= 0.3 is 12.8 Å². The first-order valence-corrected chi connectivity index (χ1v) is 4.83. The molecule has 0 N–H and O–H groups in total. The van der Waals surface area contributed by atoms with Crippen molar-refractivity contribution in [2.75, 3.05) is 0 Å². The van der Waals surface area contributed by atoms with E-state index in [2.05, 4.69) is 4.74 Å². The lowest BCUT2D eigenvalue weighted by molar-refractivity contribution is -0.138. The Hall–Kier alpha value is -1.99. The third-order valence-electron chi connectivity index (χ3n) is 2.13. The van der Waals surface area contributed by atoms with Gasteiger partial charge in [0.05, 0.1) is 11.1 Å². The molecule has 0 atom stereocenters. The molecule has 104 valence electrons. The number of carbonyl (C=O) groups excluding carboxylic acids is 2. The molecular formula is C11H7F5O3. The van der Waals surface area contributed by atoms with E-state index < -0.39 is 41.0 Å². The molecule has 0 spiro atoms. The number of ketones is 1. The average Bonchev–Trinajstić information content (AvgIpc) is 2.25. The van der Waals surface area contributed by atoms with E-state index in [1.807, 2.05) is 0 Å². The predicted molar refractivity (Wildman–Crippen MR) is 53.5 cm³/mol.